The monoisotopic (exact) mass is 512 g/mol. The van der Waals surface area contributed by atoms with Gasteiger partial charge in [0.1, 0.15) is 23.4 Å². The van der Waals surface area contributed by atoms with Crippen LogP contribution >= 0.6 is 11.8 Å². The molecule has 1 N–H and O–H groups in total. The van der Waals surface area contributed by atoms with Gasteiger partial charge >= 0.3 is 5.97 Å². The Kier molecular flexibility index (Phi) is 7.18. The van der Waals surface area contributed by atoms with E-state index in [0.717, 1.165) is 16.7 Å². The molecular formula is C29H24N2O5S. The fourth-order valence-corrected chi connectivity index (χ4v) is 5.77. The normalized spacial score (nSPS) is 18.6. The molecule has 0 radical (unpaired) electrons. The highest BCUT2D eigenvalue weighted by Crippen LogP contribution is 2.41. The molecule has 3 aromatic carbocycles. The molecule has 1 unspecified atom stereocenters. The standard InChI is InChI=1S/C29H24N2O5S/c32-17-22-18-37-28-24(30-23(33)16-19-10-4-1-5-11-19)27(34)31(28)25(22)29(35)36-26(20-12-6-2-7-13-20)21-14-8-3-9-15-21/h1-15,17,24,26,28H,16,18H2,(H,30,33)/t24?,28-/m0/s1. The Bertz CT molecular complexity index is 1300. The van der Waals surface area contributed by atoms with Crippen molar-refractivity contribution in [2.45, 2.75) is 23.9 Å². The highest BCUT2D eigenvalue weighted by molar-refractivity contribution is 8.00. The van der Waals surface area contributed by atoms with Crippen molar-refractivity contribution in [2.75, 3.05) is 5.75 Å². The Morgan fingerprint density at radius 1 is 0.946 bits per heavy atom. The van der Waals surface area contributed by atoms with E-state index in [1.54, 1.807) is 0 Å². The lowest BCUT2D eigenvalue weighted by atomic mass is 10.0. The number of hydrogen-bond donors (Lipinski definition) is 1. The van der Waals surface area contributed by atoms with E-state index in [1.165, 1.54) is 16.7 Å². The van der Waals surface area contributed by atoms with Crippen LogP contribution in [0.2, 0.25) is 0 Å². The van der Waals surface area contributed by atoms with Crippen LogP contribution in [0.4, 0.5) is 0 Å². The van der Waals surface area contributed by atoms with Crippen molar-refractivity contribution >= 4 is 35.8 Å². The molecule has 186 valence electrons. The number of carbonyl (C=O) groups excluding carboxylic acids is 4. The summed E-state index contributed by atoms with van der Waals surface area (Å²) in [7, 11) is 0. The third-order valence-electron chi connectivity index (χ3n) is 6.29. The minimum Gasteiger partial charge on any atom is -0.448 e. The fourth-order valence-electron chi connectivity index (χ4n) is 4.48. The number of nitrogens with zero attached hydrogens (tertiary/aromatic N) is 1. The molecule has 0 bridgehead atoms. The van der Waals surface area contributed by atoms with Crippen LogP contribution in [0.3, 0.4) is 0 Å². The van der Waals surface area contributed by atoms with Gasteiger partial charge in [0.25, 0.3) is 5.91 Å². The van der Waals surface area contributed by atoms with Crippen molar-refractivity contribution in [1.29, 1.82) is 0 Å². The molecule has 2 heterocycles. The van der Waals surface area contributed by atoms with E-state index < -0.39 is 29.4 Å². The summed E-state index contributed by atoms with van der Waals surface area (Å²) in [5.41, 5.74) is 2.49. The Balaban J connectivity index is 1.35. The van der Waals surface area contributed by atoms with Crippen molar-refractivity contribution in [3.63, 3.8) is 0 Å². The maximum Gasteiger partial charge on any atom is 0.356 e. The number of fused-ring (bicyclic) bond motifs is 1. The van der Waals surface area contributed by atoms with Gasteiger partial charge in [-0.1, -0.05) is 91.0 Å². The quantitative estimate of drug-likeness (QED) is 0.283. The van der Waals surface area contributed by atoms with Gasteiger partial charge in [-0.2, -0.15) is 0 Å². The molecule has 2 aliphatic heterocycles. The van der Waals surface area contributed by atoms with Crippen molar-refractivity contribution in [1.82, 2.24) is 10.2 Å². The Hall–Kier alpha value is -4.17. The zero-order valence-corrected chi connectivity index (χ0v) is 20.6. The molecule has 5 rings (SSSR count). The second-order valence-corrected chi connectivity index (χ2v) is 9.82. The average molecular weight is 513 g/mol. The van der Waals surface area contributed by atoms with Crippen LogP contribution in [0.1, 0.15) is 22.8 Å². The number of rotatable bonds is 8. The van der Waals surface area contributed by atoms with Crippen molar-refractivity contribution in [3.05, 3.63) is 119 Å². The predicted molar refractivity (Wildman–Crippen MR) is 139 cm³/mol. The fraction of sp³-hybridized carbons (Fsp3) is 0.172. The van der Waals surface area contributed by atoms with Gasteiger partial charge in [-0.15, -0.1) is 11.8 Å². The molecule has 8 heteroatoms. The molecule has 0 saturated carbocycles. The maximum atomic E-state index is 13.5. The number of aldehydes is 1. The number of nitrogens with one attached hydrogen (secondary N) is 1. The van der Waals surface area contributed by atoms with Crippen LogP contribution in [0.5, 0.6) is 0 Å². The number of esters is 1. The summed E-state index contributed by atoms with van der Waals surface area (Å²) in [5, 5.41) is 2.29. The number of carbonyl (C=O) groups is 4. The molecule has 0 aromatic heterocycles. The highest BCUT2D eigenvalue weighted by Gasteiger charge is 2.54. The summed E-state index contributed by atoms with van der Waals surface area (Å²) >= 11 is 1.33. The van der Waals surface area contributed by atoms with Gasteiger partial charge in [-0.25, -0.2) is 4.79 Å². The molecule has 1 saturated heterocycles. The van der Waals surface area contributed by atoms with Crippen LogP contribution < -0.4 is 5.32 Å². The summed E-state index contributed by atoms with van der Waals surface area (Å²) in [5.74, 6) is -1.25. The minimum atomic E-state index is -0.781. The van der Waals surface area contributed by atoms with Crippen LogP contribution in [-0.2, 0) is 30.3 Å². The first kappa shape index (κ1) is 24.5. The zero-order chi connectivity index (χ0) is 25.8. The second-order valence-electron chi connectivity index (χ2n) is 8.72. The Morgan fingerprint density at radius 3 is 2.08 bits per heavy atom. The van der Waals surface area contributed by atoms with Gasteiger partial charge in [0.05, 0.1) is 6.42 Å². The first-order valence-corrected chi connectivity index (χ1v) is 12.9. The first-order valence-electron chi connectivity index (χ1n) is 11.8. The summed E-state index contributed by atoms with van der Waals surface area (Å²) in [6.45, 7) is 0. The van der Waals surface area contributed by atoms with E-state index >= 15 is 0 Å². The Morgan fingerprint density at radius 2 is 1.51 bits per heavy atom. The van der Waals surface area contributed by atoms with E-state index in [-0.39, 0.29) is 29.4 Å². The van der Waals surface area contributed by atoms with Gasteiger partial charge in [-0.3, -0.25) is 19.3 Å². The van der Waals surface area contributed by atoms with E-state index in [2.05, 4.69) is 5.32 Å². The molecule has 1 fully saturated rings. The van der Waals surface area contributed by atoms with Crippen LogP contribution in [0.15, 0.2) is 102 Å². The maximum absolute atomic E-state index is 13.5. The van der Waals surface area contributed by atoms with Crippen LogP contribution in [-0.4, -0.2) is 46.1 Å². The van der Waals surface area contributed by atoms with E-state index in [0.29, 0.717) is 6.29 Å². The summed E-state index contributed by atoms with van der Waals surface area (Å²) < 4.78 is 5.94. The summed E-state index contributed by atoms with van der Waals surface area (Å²) in [6, 6.07) is 27.0. The Labute approximate surface area is 218 Å². The molecular weight excluding hydrogens is 488 g/mol. The summed E-state index contributed by atoms with van der Waals surface area (Å²) in [4.78, 5) is 52.3. The lowest BCUT2D eigenvalue weighted by molar-refractivity contribution is -0.154. The van der Waals surface area contributed by atoms with E-state index in [4.69, 9.17) is 4.74 Å². The molecule has 3 aromatic rings. The molecule has 2 atom stereocenters. The summed E-state index contributed by atoms with van der Waals surface area (Å²) in [6.07, 6.45) is 0.0115. The number of ether oxygens (including phenoxy) is 1. The van der Waals surface area contributed by atoms with Gasteiger partial charge in [0, 0.05) is 11.3 Å². The smallest absolute Gasteiger partial charge is 0.356 e. The topological polar surface area (TPSA) is 92.8 Å². The third kappa shape index (κ3) is 5.06. The van der Waals surface area contributed by atoms with Crippen molar-refractivity contribution < 1.29 is 23.9 Å². The second kappa shape index (κ2) is 10.8. The number of benzene rings is 3. The first-order chi connectivity index (χ1) is 18.1. The zero-order valence-electron chi connectivity index (χ0n) is 19.8. The largest absolute Gasteiger partial charge is 0.448 e. The van der Waals surface area contributed by atoms with Gasteiger partial charge < -0.3 is 10.1 Å². The van der Waals surface area contributed by atoms with E-state index in [1.807, 2.05) is 91.0 Å². The molecule has 0 spiro atoms. The molecule has 0 aliphatic carbocycles. The highest BCUT2D eigenvalue weighted by atomic mass is 32.2. The molecule has 2 aliphatic rings. The number of thioether (sulfide) groups is 1. The lowest BCUT2D eigenvalue weighted by Crippen LogP contribution is -2.70. The number of hydrogen-bond acceptors (Lipinski definition) is 6. The van der Waals surface area contributed by atoms with Crippen LogP contribution in [0, 0.1) is 0 Å². The van der Waals surface area contributed by atoms with Crippen molar-refractivity contribution in [2.24, 2.45) is 0 Å². The third-order valence-corrected chi connectivity index (χ3v) is 7.59. The van der Waals surface area contributed by atoms with Crippen molar-refractivity contribution in [3.8, 4) is 0 Å². The lowest BCUT2D eigenvalue weighted by Gasteiger charge is -2.49. The molecule has 7 nitrogen and oxygen atoms in total. The van der Waals surface area contributed by atoms with Crippen LogP contribution in [0.25, 0.3) is 0 Å². The average Bonchev–Trinajstić information content (AvgIpc) is 2.95. The number of β-lactam (4-membered cyclic amide) rings is 1. The van der Waals surface area contributed by atoms with Gasteiger partial charge in [0.2, 0.25) is 5.91 Å². The molecule has 37 heavy (non-hydrogen) atoms. The number of amides is 2. The van der Waals surface area contributed by atoms with Gasteiger partial charge in [0.15, 0.2) is 6.10 Å². The van der Waals surface area contributed by atoms with Gasteiger partial charge in [-0.05, 0) is 16.7 Å². The van der Waals surface area contributed by atoms with E-state index in [9.17, 15) is 19.2 Å². The predicted octanol–water partition coefficient (Wildman–Crippen LogP) is 3.41. The molecule has 2 amide bonds. The SMILES string of the molecule is O=CC1=C(C(=O)OC(c2ccccc2)c2ccccc2)N2C(=O)C(NC(=O)Cc3ccccc3)[C@@H]2SC1. The minimum absolute atomic E-state index is 0.0610.